The van der Waals surface area contributed by atoms with Gasteiger partial charge in [-0.1, -0.05) is 6.92 Å². The van der Waals surface area contributed by atoms with Crippen molar-refractivity contribution in [3.8, 4) is 0 Å². The van der Waals surface area contributed by atoms with Gasteiger partial charge in [0.1, 0.15) is 12.2 Å². The third-order valence-electron chi connectivity index (χ3n) is 2.87. The minimum atomic E-state index is 0.738. The van der Waals surface area contributed by atoms with Crippen LogP contribution in [-0.4, -0.2) is 19.7 Å². The van der Waals surface area contributed by atoms with Gasteiger partial charge in [-0.25, -0.2) is 9.67 Å². The number of pyridine rings is 1. The largest absolute Gasteiger partial charge is 0.306 e. The van der Waals surface area contributed by atoms with Crippen molar-refractivity contribution in [3.63, 3.8) is 0 Å². The van der Waals surface area contributed by atoms with Crippen molar-refractivity contribution in [2.24, 2.45) is 0 Å². The Labute approximate surface area is 107 Å². The molecular weight excluding hydrogens is 226 g/mol. The summed E-state index contributed by atoms with van der Waals surface area (Å²) < 4.78 is 1.95. The molecule has 0 saturated carbocycles. The standard InChI is InChI=1S/C13H19N5/c1-3-6-18-13(16-10-17-18)9-15-8-12-4-5-14-7-11(12)2/h4-5,7,10,15H,3,6,8-9H2,1-2H3. The number of aromatic nitrogens is 4. The molecule has 96 valence electrons. The van der Waals surface area contributed by atoms with E-state index in [-0.39, 0.29) is 0 Å². The molecule has 2 aromatic rings. The monoisotopic (exact) mass is 245 g/mol. The van der Waals surface area contributed by atoms with Gasteiger partial charge in [0.05, 0.1) is 6.54 Å². The summed E-state index contributed by atoms with van der Waals surface area (Å²) in [6.45, 7) is 6.70. The van der Waals surface area contributed by atoms with Crippen LogP contribution in [0.2, 0.25) is 0 Å². The van der Waals surface area contributed by atoms with E-state index in [4.69, 9.17) is 0 Å². The summed E-state index contributed by atoms with van der Waals surface area (Å²) in [6.07, 6.45) is 6.39. The highest BCUT2D eigenvalue weighted by Gasteiger charge is 2.03. The fraction of sp³-hybridized carbons (Fsp3) is 0.462. The molecule has 5 heteroatoms. The van der Waals surface area contributed by atoms with E-state index in [1.54, 1.807) is 6.33 Å². The van der Waals surface area contributed by atoms with E-state index < -0.39 is 0 Å². The minimum Gasteiger partial charge on any atom is -0.306 e. The third kappa shape index (κ3) is 3.13. The molecule has 0 aliphatic carbocycles. The topological polar surface area (TPSA) is 55.6 Å². The van der Waals surface area contributed by atoms with Gasteiger partial charge in [-0.3, -0.25) is 4.98 Å². The van der Waals surface area contributed by atoms with Crippen LogP contribution in [0.3, 0.4) is 0 Å². The van der Waals surface area contributed by atoms with Crippen molar-refractivity contribution in [1.82, 2.24) is 25.1 Å². The molecular formula is C13H19N5. The maximum Gasteiger partial charge on any atom is 0.140 e. The number of rotatable bonds is 6. The SMILES string of the molecule is CCCn1ncnc1CNCc1ccncc1C. The lowest BCUT2D eigenvalue weighted by Gasteiger charge is -2.08. The molecule has 0 spiro atoms. The molecule has 5 nitrogen and oxygen atoms in total. The molecule has 2 rings (SSSR count). The molecule has 0 amide bonds. The molecule has 0 fully saturated rings. The Morgan fingerprint density at radius 2 is 2.22 bits per heavy atom. The zero-order chi connectivity index (χ0) is 12.8. The number of nitrogens with one attached hydrogen (secondary N) is 1. The molecule has 0 radical (unpaired) electrons. The molecule has 2 aromatic heterocycles. The van der Waals surface area contributed by atoms with Crippen LogP contribution in [0.4, 0.5) is 0 Å². The molecule has 1 N–H and O–H groups in total. The first-order valence-electron chi connectivity index (χ1n) is 6.28. The number of nitrogens with zero attached hydrogens (tertiary/aromatic N) is 4. The van der Waals surface area contributed by atoms with Crippen molar-refractivity contribution < 1.29 is 0 Å². The van der Waals surface area contributed by atoms with Crippen molar-refractivity contribution in [2.75, 3.05) is 0 Å². The van der Waals surface area contributed by atoms with Gasteiger partial charge in [-0.15, -0.1) is 0 Å². The Hall–Kier alpha value is -1.75. The van der Waals surface area contributed by atoms with Gasteiger partial charge in [0, 0.05) is 25.5 Å². The zero-order valence-corrected chi connectivity index (χ0v) is 10.9. The zero-order valence-electron chi connectivity index (χ0n) is 10.9. The Bertz CT molecular complexity index is 492. The van der Waals surface area contributed by atoms with Crippen molar-refractivity contribution in [3.05, 3.63) is 41.7 Å². The lowest BCUT2D eigenvalue weighted by molar-refractivity contribution is 0.542. The van der Waals surface area contributed by atoms with E-state index in [1.807, 2.05) is 23.1 Å². The van der Waals surface area contributed by atoms with Gasteiger partial charge in [0.15, 0.2) is 0 Å². The van der Waals surface area contributed by atoms with E-state index in [9.17, 15) is 0 Å². The molecule has 0 atom stereocenters. The average Bonchev–Trinajstić information content (AvgIpc) is 2.80. The van der Waals surface area contributed by atoms with Gasteiger partial charge >= 0.3 is 0 Å². The summed E-state index contributed by atoms with van der Waals surface area (Å²) in [5.41, 5.74) is 2.48. The fourth-order valence-corrected chi connectivity index (χ4v) is 1.83. The Balaban J connectivity index is 1.88. The van der Waals surface area contributed by atoms with Gasteiger partial charge < -0.3 is 5.32 Å². The van der Waals surface area contributed by atoms with Gasteiger partial charge in [-0.2, -0.15) is 5.10 Å². The highest BCUT2D eigenvalue weighted by atomic mass is 15.3. The van der Waals surface area contributed by atoms with Crippen LogP contribution in [0.15, 0.2) is 24.8 Å². The predicted octanol–water partition coefficient (Wildman–Crippen LogP) is 1.68. The second kappa shape index (κ2) is 6.26. The molecule has 0 aromatic carbocycles. The maximum atomic E-state index is 4.27. The van der Waals surface area contributed by atoms with Crippen LogP contribution in [0, 0.1) is 6.92 Å². The molecule has 0 saturated heterocycles. The van der Waals surface area contributed by atoms with E-state index >= 15 is 0 Å². The maximum absolute atomic E-state index is 4.27. The number of hydrogen-bond acceptors (Lipinski definition) is 4. The van der Waals surface area contributed by atoms with Crippen LogP contribution in [0.25, 0.3) is 0 Å². The Morgan fingerprint density at radius 1 is 1.33 bits per heavy atom. The summed E-state index contributed by atoms with van der Waals surface area (Å²) in [4.78, 5) is 8.35. The molecule has 2 heterocycles. The summed E-state index contributed by atoms with van der Waals surface area (Å²) in [5, 5.41) is 7.60. The third-order valence-corrected chi connectivity index (χ3v) is 2.87. The van der Waals surface area contributed by atoms with Gasteiger partial charge in [-0.05, 0) is 30.5 Å². The Kier molecular flexibility index (Phi) is 4.41. The lowest BCUT2D eigenvalue weighted by Crippen LogP contribution is -2.18. The first-order valence-corrected chi connectivity index (χ1v) is 6.28. The van der Waals surface area contributed by atoms with E-state index in [0.717, 1.165) is 31.9 Å². The second-order valence-electron chi connectivity index (χ2n) is 4.31. The van der Waals surface area contributed by atoms with Crippen molar-refractivity contribution in [2.45, 2.75) is 39.9 Å². The number of hydrogen-bond donors (Lipinski definition) is 1. The van der Waals surface area contributed by atoms with E-state index in [2.05, 4.69) is 34.2 Å². The minimum absolute atomic E-state index is 0.738. The van der Waals surface area contributed by atoms with Crippen molar-refractivity contribution in [1.29, 1.82) is 0 Å². The van der Waals surface area contributed by atoms with E-state index in [0.29, 0.717) is 0 Å². The number of aryl methyl sites for hydroxylation is 2. The predicted molar refractivity (Wildman–Crippen MR) is 69.8 cm³/mol. The first-order chi connectivity index (χ1) is 8.81. The van der Waals surface area contributed by atoms with E-state index in [1.165, 1.54) is 11.1 Å². The molecule has 0 unspecified atom stereocenters. The summed E-state index contributed by atoms with van der Waals surface area (Å²) in [6, 6.07) is 2.04. The average molecular weight is 245 g/mol. The fourth-order valence-electron chi connectivity index (χ4n) is 1.83. The smallest absolute Gasteiger partial charge is 0.140 e. The van der Waals surface area contributed by atoms with Crippen LogP contribution in [-0.2, 0) is 19.6 Å². The van der Waals surface area contributed by atoms with Crippen LogP contribution in [0.5, 0.6) is 0 Å². The molecule has 18 heavy (non-hydrogen) atoms. The second-order valence-corrected chi connectivity index (χ2v) is 4.31. The first kappa shape index (κ1) is 12.7. The van der Waals surface area contributed by atoms with Crippen LogP contribution < -0.4 is 5.32 Å². The summed E-state index contributed by atoms with van der Waals surface area (Å²) >= 11 is 0. The van der Waals surface area contributed by atoms with Crippen LogP contribution >= 0.6 is 0 Å². The highest BCUT2D eigenvalue weighted by molar-refractivity contribution is 5.21. The molecule has 0 aliphatic heterocycles. The highest BCUT2D eigenvalue weighted by Crippen LogP contribution is 2.04. The quantitative estimate of drug-likeness (QED) is 0.841. The van der Waals surface area contributed by atoms with Gasteiger partial charge in [0.25, 0.3) is 0 Å². The van der Waals surface area contributed by atoms with Crippen molar-refractivity contribution >= 4 is 0 Å². The summed E-state index contributed by atoms with van der Waals surface area (Å²) in [5.74, 6) is 0.989. The summed E-state index contributed by atoms with van der Waals surface area (Å²) in [7, 11) is 0. The molecule has 0 bridgehead atoms. The normalized spacial score (nSPS) is 10.8. The molecule has 0 aliphatic rings. The Morgan fingerprint density at radius 3 is 3.00 bits per heavy atom. The van der Waals surface area contributed by atoms with Gasteiger partial charge in [0.2, 0.25) is 0 Å². The lowest BCUT2D eigenvalue weighted by atomic mass is 10.1. The van der Waals surface area contributed by atoms with Crippen LogP contribution in [0.1, 0.15) is 30.3 Å².